The Morgan fingerprint density at radius 3 is 2.68 bits per heavy atom. The van der Waals surface area contributed by atoms with Gasteiger partial charge in [-0.05, 0) is 30.5 Å². The van der Waals surface area contributed by atoms with Gasteiger partial charge in [-0.2, -0.15) is 0 Å². The molecule has 0 aliphatic rings. The second-order valence-electron chi connectivity index (χ2n) is 6.30. The lowest BCUT2D eigenvalue weighted by Crippen LogP contribution is -2.21. The number of hydrogen-bond acceptors (Lipinski definition) is 3. The lowest BCUT2D eigenvalue weighted by molar-refractivity contribution is 0.745. The third-order valence-corrected chi connectivity index (χ3v) is 5.38. The van der Waals surface area contributed by atoms with Crippen LogP contribution in [0.2, 0.25) is 0 Å². The van der Waals surface area contributed by atoms with Crippen molar-refractivity contribution in [1.82, 2.24) is 9.55 Å². The van der Waals surface area contributed by atoms with Gasteiger partial charge in [0.05, 0.1) is 18.3 Å². The summed E-state index contributed by atoms with van der Waals surface area (Å²) in [5, 5.41) is 2.74. The molecule has 0 saturated heterocycles. The third kappa shape index (κ3) is 2.89. The van der Waals surface area contributed by atoms with Crippen LogP contribution in [0.25, 0.3) is 21.3 Å². The van der Waals surface area contributed by atoms with E-state index in [1.54, 1.807) is 10.9 Å². The van der Waals surface area contributed by atoms with Gasteiger partial charge in [-0.15, -0.1) is 11.3 Å². The zero-order valence-electron chi connectivity index (χ0n) is 14.2. The largest absolute Gasteiger partial charge is 0.294 e. The number of hydrogen-bond donors (Lipinski definition) is 0. The van der Waals surface area contributed by atoms with E-state index in [0.29, 0.717) is 11.9 Å². The molecule has 4 rings (SSSR count). The fourth-order valence-electron chi connectivity index (χ4n) is 3.06. The Morgan fingerprint density at radius 1 is 1.08 bits per heavy atom. The average molecular weight is 346 g/mol. The molecule has 0 radical (unpaired) electrons. The van der Waals surface area contributed by atoms with Gasteiger partial charge in [0.1, 0.15) is 4.83 Å². The summed E-state index contributed by atoms with van der Waals surface area (Å²) in [6, 6.07) is 16.4. The molecule has 0 bridgehead atoms. The number of aryl methyl sites for hydroxylation is 2. The molecular formula is C21H18N2OS. The first-order valence-electron chi connectivity index (χ1n) is 8.21. The summed E-state index contributed by atoms with van der Waals surface area (Å²) < 4.78 is 1.71. The maximum absolute atomic E-state index is 13.1. The maximum atomic E-state index is 13.1. The van der Waals surface area contributed by atoms with Gasteiger partial charge in [0, 0.05) is 10.9 Å². The van der Waals surface area contributed by atoms with Crippen molar-refractivity contribution in [2.75, 3.05) is 0 Å². The second kappa shape index (κ2) is 6.30. The van der Waals surface area contributed by atoms with Crippen molar-refractivity contribution in [3.8, 4) is 11.1 Å². The Morgan fingerprint density at radius 2 is 1.88 bits per heavy atom. The summed E-state index contributed by atoms with van der Waals surface area (Å²) in [7, 11) is 0. The molecule has 0 amide bonds. The molecule has 2 aromatic heterocycles. The minimum atomic E-state index is 0.0195. The first-order chi connectivity index (χ1) is 12.1. The van der Waals surface area contributed by atoms with Crippen LogP contribution in [0.15, 0.2) is 65.0 Å². The Labute approximate surface area is 150 Å². The molecule has 0 unspecified atom stereocenters. The average Bonchev–Trinajstić information content (AvgIpc) is 3.06. The van der Waals surface area contributed by atoms with Crippen LogP contribution in [0, 0.1) is 13.8 Å². The molecule has 4 heteroatoms. The second-order valence-corrected chi connectivity index (χ2v) is 7.16. The van der Waals surface area contributed by atoms with E-state index in [2.05, 4.69) is 37.0 Å². The van der Waals surface area contributed by atoms with Crippen molar-refractivity contribution in [2.45, 2.75) is 20.4 Å². The normalized spacial score (nSPS) is 11.1. The molecule has 2 aromatic carbocycles. The molecule has 0 spiro atoms. The molecular weight excluding hydrogens is 328 g/mol. The summed E-state index contributed by atoms with van der Waals surface area (Å²) in [5.74, 6) is 0. The number of benzene rings is 2. The zero-order valence-corrected chi connectivity index (χ0v) is 15.0. The Hall–Kier alpha value is -2.72. The van der Waals surface area contributed by atoms with E-state index in [4.69, 9.17) is 0 Å². The summed E-state index contributed by atoms with van der Waals surface area (Å²) in [6.07, 6.45) is 1.66. The van der Waals surface area contributed by atoms with Gasteiger partial charge in [0.15, 0.2) is 0 Å². The van der Waals surface area contributed by atoms with E-state index in [1.165, 1.54) is 22.5 Å². The Balaban J connectivity index is 1.85. The number of thiophene rings is 1. The highest BCUT2D eigenvalue weighted by Crippen LogP contribution is 2.30. The molecule has 2 heterocycles. The molecule has 0 saturated carbocycles. The van der Waals surface area contributed by atoms with E-state index in [9.17, 15) is 4.79 Å². The molecule has 0 aliphatic heterocycles. The highest BCUT2D eigenvalue weighted by molar-refractivity contribution is 7.17. The SMILES string of the molecule is Cc1ccc(C)c(Cn2cnc3scc(-c4ccccc4)c3c2=O)c1. The van der Waals surface area contributed by atoms with Crippen LogP contribution in [0.3, 0.4) is 0 Å². The predicted octanol–water partition coefficient (Wildman–Crippen LogP) is 4.79. The fourth-order valence-corrected chi connectivity index (χ4v) is 3.97. The minimum Gasteiger partial charge on any atom is -0.294 e. The van der Waals surface area contributed by atoms with E-state index in [1.807, 2.05) is 35.7 Å². The minimum absolute atomic E-state index is 0.0195. The molecule has 3 nitrogen and oxygen atoms in total. The van der Waals surface area contributed by atoms with Crippen LogP contribution in [0.5, 0.6) is 0 Å². The number of fused-ring (bicyclic) bond motifs is 1. The lowest BCUT2D eigenvalue weighted by atomic mass is 10.1. The first kappa shape index (κ1) is 15.8. The fraction of sp³-hybridized carbons (Fsp3) is 0.143. The van der Waals surface area contributed by atoms with Crippen molar-refractivity contribution in [3.63, 3.8) is 0 Å². The maximum Gasteiger partial charge on any atom is 0.263 e. The van der Waals surface area contributed by atoms with E-state index in [-0.39, 0.29) is 5.56 Å². The van der Waals surface area contributed by atoms with Crippen LogP contribution in [-0.2, 0) is 6.54 Å². The lowest BCUT2D eigenvalue weighted by Gasteiger charge is -2.10. The molecule has 0 fully saturated rings. The molecule has 0 N–H and O–H groups in total. The quantitative estimate of drug-likeness (QED) is 0.534. The number of rotatable bonds is 3. The van der Waals surface area contributed by atoms with E-state index in [0.717, 1.165) is 21.5 Å². The highest BCUT2D eigenvalue weighted by Gasteiger charge is 2.13. The van der Waals surface area contributed by atoms with Crippen molar-refractivity contribution < 1.29 is 0 Å². The van der Waals surface area contributed by atoms with Crippen LogP contribution in [0.1, 0.15) is 16.7 Å². The van der Waals surface area contributed by atoms with E-state index >= 15 is 0 Å². The summed E-state index contributed by atoms with van der Waals surface area (Å²) in [5.41, 5.74) is 5.57. The van der Waals surface area contributed by atoms with Crippen molar-refractivity contribution in [1.29, 1.82) is 0 Å². The Kier molecular flexibility index (Phi) is 3.98. The van der Waals surface area contributed by atoms with Gasteiger partial charge in [0.25, 0.3) is 5.56 Å². The zero-order chi connectivity index (χ0) is 17.4. The standard InChI is InChI=1S/C21H18N2OS/c1-14-8-9-15(2)17(10-14)11-23-13-22-20-19(21(23)24)18(12-25-20)16-6-4-3-5-7-16/h3-10,12-13H,11H2,1-2H3. The van der Waals surface area contributed by atoms with Crippen molar-refractivity contribution in [2.24, 2.45) is 0 Å². The number of nitrogens with zero attached hydrogens (tertiary/aromatic N) is 2. The van der Waals surface area contributed by atoms with Crippen LogP contribution < -0.4 is 5.56 Å². The smallest absolute Gasteiger partial charge is 0.263 e. The molecule has 4 aromatic rings. The molecule has 124 valence electrons. The summed E-state index contributed by atoms with van der Waals surface area (Å²) in [4.78, 5) is 18.4. The van der Waals surface area contributed by atoms with Gasteiger partial charge >= 0.3 is 0 Å². The van der Waals surface area contributed by atoms with E-state index < -0.39 is 0 Å². The first-order valence-corrected chi connectivity index (χ1v) is 9.09. The van der Waals surface area contributed by atoms with Crippen LogP contribution in [0.4, 0.5) is 0 Å². The van der Waals surface area contributed by atoms with Crippen LogP contribution >= 0.6 is 11.3 Å². The molecule has 0 aliphatic carbocycles. The van der Waals surface area contributed by atoms with Gasteiger partial charge < -0.3 is 0 Å². The van der Waals surface area contributed by atoms with Gasteiger partial charge in [0.2, 0.25) is 0 Å². The monoisotopic (exact) mass is 346 g/mol. The van der Waals surface area contributed by atoms with Crippen LogP contribution in [-0.4, -0.2) is 9.55 Å². The highest BCUT2D eigenvalue weighted by atomic mass is 32.1. The number of aromatic nitrogens is 2. The molecule has 0 atom stereocenters. The topological polar surface area (TPSA) is 34.9 Å². The Bertz CT molecular complexity index is 1110. The third-order valence-electron chi connectivity index (χ3n) is 4.49. The van der Waals surface area contributed by atoms with Gasteiger partial charge in [-0.3, -0.25) is 9.36 Å². The summed E-state index contributed by atoms with van der Waals surface area (Å²) in [6.45, 7) is 4.69. The van der Waals surface area contributed by atoms with Crippen molar-refractivity contribution in [3.05, 3.63) is 87.3 Å². The molecule has 25 heavy (non-hydrogen) atoms. The predicted molar refractivity (Wildman–Crippen MR) is 104 cm³/mol. The van der Waals surface area contributed by atoms with Gasteiger partial charge in [-0.1, -0.05) is 54.1 Å². The summed E-state index contributed by atoms with van der Waals surface area (Å²) >= 11 is 1.52. The van der Waals surface area contributed by atoms with Gasteiger partial charge in [-0.25, -0.2) is 4.98 Å². The van der Waals surface area contributed by atoms with Crippen molar-refractivity contribution >= 4 is 21.6 Å².